The molecular weight excluding hydrogens is 238 g/mol. The van der Waals surface area contributed by atoms with Gasteiger partial charge in [0.2, 0.25) is 0 Å². The first-order chi connectivity index (χ1) is 7.92. The molecule has 0 bridgehead atoms. The maximum absolute atomic E-state index is 11.9. The topological polar surface area (TPSA) is 61.4 Å². The number of rotatable bonds is 6. The number of nitrogens with zero attached hydrogens (tertiary/aromatic N) is 1. The predicted octanol–water partition coefficient (Wildman–Crippen LogP) is 0.551. The summed E-state index contributed by atoms with van der Waals surface area (Å²) in [5.74, 6) is 0.325. The van der Waals surface area contributed by atoms with Gasteiger partial charge in [-0.1, -0.05) is 20.3 Å². The second-order valence-corrected chi connectivity index (χ2v) is 7.04. The highest BCUT2D eigenvalue weighted by molar-refractivity contribution is 7.87. The third-order valence-corrected chi connectivity index (χ3v) is 4.48. The van der Waals surface area contributed by atoms with E-state index >= 15 is 0 Å². The van der Waals surface area contributed by atoms with Crippen molar-refractivity contribution in [2.24, 2.45) is 5.92 Å². The highest BCUT2D eigenvalue weighted by Crippen LogP contribution is 2.09. The lowest BCUT2D eigenvalue weighted by Crippen LogP contribution is -2.47. The van der Waals surface area contributed by atoms with Gasteiger partial charge in [0.15, 0.2) is 0 Å². The van der Waals surface area contributed by atoms with Crippen molar-refractivity contribution in [1.82, 2.24) is 14.3 Å². The van der Waals surface area contributed by atoms with Gasteiger partial charge in [-0.25, -0.2) is 4.72 Å². The Balaban J connectivity index is 2.41. The van der Waals surface area contributed by atoms with Crippen molar-refractivity contribution in [3.63, 3.8) is 0 Å². The van der Waals surface area contributed by atoms with E-state index in [1.54, 1.807) is 7.05 Å². The molecule has 0 aromatic carbocycles. The van der Waals surface area contributed by atoms with Gasteiger partial charge in [0.05, 0.1) is 0 Å². The average molecular weight is 263 g/mol. The first kappa shape index (κ1) is 14.9. The summed E-state index contributed by atoms with van der Waals surface area (Å²) in [6, 6.07) is 0.296. The lowest BCUT2D eigenvalue weighted by atomic mass is 10.1. The van der Waals surface area contributed by atoms with Crippen LogP contribution in [0.1, 0.15) is 33.1 Å². The maximum Gasteiger partial charge on any atom is 0.279 e. The maximum atomic E-state index is 11.9. The van der Waals surface area contributed by atoms with Gasteiger partial charge in [-0.2, -0.15) is 12.7 Å². The summed E-state index contributed by atoms with van der Waals surface area (Å²) in [7, 11) is -1.67. The summed E-state index contributed by atoms with van der Waals surface area (Å²) >= 11 is 0. The monoisotopic (exact) mass is 263 g/mol. The molecule has 0 saturated carbocycles. The van der Waals surface area contributed by atoms with Gasteiger partial charge in [0, 0.05) is 26.2 Å². The molecule has 2 N–H and O–H groups in total. The largest absolute Gasteiger partial charge is 0.313 e. The van der Waals surface area contributed by atoms with Crippen molar-refractivity contribution < 1.29 is 8.42 Å². The molecule has 1 heterocycles. The summed E-state index contributed by atoms with van der Waals surface area (Å²) in [6.45, 7) is 6.02. The van der Waals surface area contributed by atoms with E-state index in [1.165, 1.54) is 17.1 Å². The van der Waals surface area contributed by atoms with E-state index in [9.17, 15) is 8.42 Å². The molecule has 1 aliphatic heterocycles. The lowest BCUT2D eigenvalue weighted by molar-refractivity contribution is 0.334. The van der Waals surface area contributed by atoms with Crippen LogP contribution in [-0.2, 0) is 10.2 Å². The zero-order valence-corrected chi connectivity index (χ0v) is 11.9. The van der Waals surface area contributed by atoms with Crippen LogP contribution in [0, 0.1) is 5.92 Å². The van der Waals surface area contributed by atoms with Crippen LogP contribution in [-0.4, -0.2) is 45.4 Å². The molecule has 0 radical (unpaired) electrons. The van der Waals surface area contributed by atoms with Crippen LogP contribution >= 0.6 is 0 Å². The van der Waals surface area contributed by atoms with Gasteiger partial charge in [0.1, 0.15) is 0 Å². The predicted molar refractivity (Wildman–Crippen MR) is 70.0 cm³/mol. The standard InChI is InChI=1S/C11H25N3O2S/c1-10(2)8-13-17(15,16)14(3)9-11-6-4-5-7-12-11/h10-13H,4-9H2,1-3H3. The quantitative estimate of drug-likeness (QED) is 0.736. The van der Waals surface area contributed by atoms with Gasteiger partial charge in [-0.15, -0.1) is 0 Å². The van der Waals surface area contributed by atoms with Crippen molar-refractivity contribution in [3.8, 4) is 0 Å². The first-order valence-electron chi connectivity index (χ1n) is 6.36. The van der Waals surface area contributed by atoms with E-state index in [-0.39, 0.29) is 0 Å². The smallest absolute Gasteiger partial charge is 0.279 e. The zero-order valence-electron chi connectivity index (χ0n) is 11.1. The van der Waals surface area contributed by atoms with Crippen molar-refractivity contribution >= 4 is 10.2 Å². The molecule has 5 nitrogen and oxygen atoms in total. The third-order valence-electron chi connectivity index (χ3n) is 2.97. The van der Waals surface area contributed by atoms with Crippen LogP contribution in [0.3, 0.4) is 0 Å². The van der Waals surface area contributed by atoms with Crippen molar-refractivity contribution in [2.45, 2.75) is 39.2 Å². The number of hydrogen-bond donors (Lipinski definition) is 2. The molecule has 0 aromatic rings. The minimum absolute atomic E-state index is 0.296. The number of piperidine rings is 1. The second kappa shape index (κ2) is 6.68. The molecule has 0 amide bonds. The summed E-state index contributed by atoms with van der Waals surface area (Å²) in [5, 5.41) is 3.35. The van der Waals surface area contributed by atoms with Crippen molar-refractivity contribution in [2.75, 3.05) is 26.7 Å². The fraction of sp³-hybridized carbons (Fsp3) is 1.00. The van der Waals surface area contributed by atoms with Crippen molar-refractivity contribution in [1.29, 1.82) is 0 Å². The van der Waals surface area contributed by atoms with E-state index in [0.717, 1.165) is 13.0 Å². The molecule has 1 unspecified atom stereocenters. The van der Waals surface area contributed by atoms with Gasteiger partial charge >= 0.3 is 0 Å². The molecule has 102 valence electrons. The zero-order chi connectivity index (χ0) is 12.9. The summed E-state index contributed by atoms with van der Waals surface area (Å²) < 4.78 is 27.8. The lowest BCUT2D eigenvalue weighted by Gasteiger charge is -2.28. The minimum Gasteiger partial charge on any atom is -0.313 e. The molecule has 1 fully saturated rings. The molecule has 0 aliphatic carbocycles. The van der Waals surface area contributed by atoms with Crippen LogP contribution in [0.2, 0.25) is 0 Å². The van der Waals surface area contributed by atoms with Crippen LogP contribution in [0.4, 0.5) is 0 Å². The Morgan fingerprint density at radius 3 is 2.65 bits per heavy atom. The SMILES string of the molecule is CC(C)CNS(=O)(=O)N(C)CC1CCCCN1. The molecule has 0 aromatic heterocycles. The normalized spacial score (nSPS) is 22.3. The average Bonchev–Trinajstić information content (AvgIpc) is 2.28. The number of hydrogen-bond acceptors (Lipinski definition) is 3. The first-order valence-corrected chi connectivity index (χ1v) is 7.80. The summed E-state index contributed by atoms with van der Waals surface area (Å²) in [6.07, 6.45) is 3.44. The minimum atomic E-state index is -3.31. The van der Waals surface area contributed by atoms with E-state index in [4.69, 9.17) is 0 Å². The van der Waals surface area contributed by atoms with E-state index < -0.39 is 10.2 Å². The molecular formula is C11H25N3O2S. The van der Waals surface area contributed by atoms with Gasteiger partial charge in [-0.05, 0) is 25.3 Å². The number of likely N-dealkylation sites (N-methyl/N-ethyl adjacent to an activating group) is 1. The Morgan fingerprint density at radius 1 is 1.41 bits per heavy atom. The highest BCUT2D eigenvalue weighted by atomic mass is 32.2. The van der Waals surface area contributed by atoms with E-state index in [2.05, 4.69) is 10.0 Å². The van der Waals surface area contributed by atoms with E-state index in [0.29, 0.717) is 25.0 Å². The van der Waals surface area contributed by atoms with E-state index in [1.807, 2.05) is 13.8 Å². The Kier molecular flexibility index (Phi) is 5.85. The van der Waals surface area contributed by atoms with Crippen LogP contribution in [0.5, 0.6) is 0 Å². The molecule has 1 rings (SSSR count). The number of nitrogens with one attached hydrogen (secondary N) is 2. The molecule has 1 saturated heterocycles. The summed E-state index contributed by atoms with van der Waals surface area (Å²) in [4.78, 5) is 0. The molecule has 17 heavy (non-hydrogen) atoms. The Bertz CT molecular complexity index is 311. The fourth-order valence-electron chi connectivity index (χ4n) is 1.87. The van der Waals surface area contributed by atoms with Crippen LogP contribution in [0.25, 0.3) is 0 Å². The highest BCUT2D eigenvalue weighted by Gasteiger charge is 2.22. The van der Waals surface area contributed by atoms with Crippen LogP contribution < -0.4 is 10.0 Å². The molecule has 1 atom stereocenters. The third kappa shape index (κ3) is 5.33. The van der Waals surface area contributed by atoms with Gasteiger partial charge in [0.25, 0.3) is 10.2 Å². The molecule has 0 spiro atoms. The Hall–Kier alpha value is -0.170. The second-order valence-electron chi connectivity index (χ2n) is 5.17. The Labute approximate surface area is 105 Å². The molecule has 1 aliphatic rings. The van der Waals surface area contributed by atoms with Crippen LogP contribution in [0.15, 0.2) is 0 Å². The summed E-state index contributed by atoms with van der Waals surface area (Å²) in [5.41, 5.74) is 0. The fourth-order valence-corrected chi connectivity index (χ4v) is 3.01. The molecule has 6 heteroatoms. The Morgan fingerprint density at radius 2 is 2.12 bits per heavy atom. The van der Waals surface area contributed by atoms with Gasteiger partial charge in [-0.3, -0.25) is 0 Å². The van der Waals surface area contributed by atoms with Gasteiger partial charge < -0.3 is 5.32 Å². The van der Waals surface area contributed by atoms with Crippen molar-refractivity contribution in [3.05, 3.63) is 0 Å².